The van der Waals surface area contributed by atoms with Gasteiger partial charge in [0.15, 0.2) is 0 Å². The molecule has 0 radical (unpaired) electrons. The zero-order valence-electron chi connectivity index (χ0n) is 8.12. The van der Waals surface area contributed by atoms with Crippen molar-refractivity contribution in [2.45, 2.75) is 38.2 Å². The first kappa shape index (κ1) is 9.00. The summed E-state index contributed by atoms with van der Waals surface area (Å²) in [6, 6.07) is 0. The van der Waals surface area contributed by atoms with Crippen molar-refractivity contribution in [1.29, 1.82) is 0 Å². The minimum Gasteiger partial charge on any atom is -0.386 e. The normalized spacial score (nSPS) is 25.5. The topological polar surface area (TPSA) is 40.5 Å². The van der Waals surface area contributed by atoms with Gasteiger partial charge in [-0.3, -0.25) is 4.79 Å². The lowest BCUT2D eigenvalue weighted by Crippen LogP contribution is -2.63. The number of nitrogens with zero attached hydrogens (tertiary/aromatic N) is 1. The van der Waals surface area contributed by atoms with E-state index in [1.165, 1.54) is 0 Å². The molecule has 13 heavy (non-hydrogen) atoms. The molecule has 0 atom stereocenters. The van der Waals surface area contributed by atoms with Crippen LogP contribution in [-0.4, -0.2) is 34.6 Å². The molecule has 0 aromatic carbocycles. The van der Waals surface area contributed by atoms with Crippen molar-refractivity contribution >= 4 is 5.91 Å². The predicted molar refractivity (Wildman–Crippen MR) is 49.2 cm³/mol. The van der Waals surface area contributed by atoms with Crippen molar-refractivity contribution < 1.29 is 9.90 Å². The van der Waals surface area contributed by atoms with E-state index >= 15 is 0 Å². The number of β-amino-alcohol motifs (C(OH)–C–C–N with tert-alkyl or cyclic N) is 1. The largest absolute Gasteiger partial charge is 0.386 e. The van der Waals surface area contributed by atoms with E-state index in [4.69, 9.17) is 0 Å². The summed E-state index contributed by atoms with van der Waals surface area (Å²) in [5.74, 6) is 0.562. The van der Waals surface area contributed by atoms with E-state index in [0.29, 0.717) is 19.0 Å². The molecule has 0 aromatic rings. The van der Waals surface area contributed by atoms with E-state index in [2.05, 4.69) is 6.92 Å². The summed E-state index contributed by atoms with van der Waals surface area (Å²) >= 11 is 0. The van der Waals surface area contributed by atoms with Crippen molar-refractivity contribution in [2.24, 2.45) is 5.92 Å². The maximum Gasteiger partial charge on any atom is 0.225 e. The van der Waals surface area contributed by atoms with Gasteiger partial charge in [0, 0.05) is 5.92 Å². The zero-order chi connectivity index (χ0) is 9.47. The quantitative estimate of drug-likeness (QED) is 0.702. The maximum absolute atomic E-state index is 11.5. The van der Waals surface area contributed by atoms with Crippen molar-refractivity contribution in [2.75, 3.05) is 13.1 Å². The Hall–Kier alpha value is -0.570. The average molecular weight is 183 g/mol. The lowest BCUT2D eigenvalue weighted by molar-refractivity contribution is -0.157. The molecule has 0 unspecified atom stereocenters. The Balaban J connectivity index is 1.79. The van der Waals surface area contributed by atoms with Gasteiger partial charge in [0.25, 0.3) is 0 Å². The lowest BCUT2D eigenvalue weighted by atomic mass is 9.89. The molecule has 1 saturated heterocycles. The number of carbonyl (C=O) groups excluding carboxylic acids is 1. The van der Waals surface area contributed by atoms with Crippen molar-refractivity contribution in [3.05, 3.63) is 0 Å². The van der Waals surface area contributed by atoms with Crippen LogP contribution in [0.3, 0.4) is 0 Å². The number of amides is 1. The van der Waals surface area contributed by atoms with Gasteiger partial charge in [0.2, 0.25) is 5.91 Å². The highest BCUT2D eigenvalue weighted by atomic mass is 16.3. The SMILES string of the molecule is CCCC1(O)CN(C(=O)C2CC2)C1. The van der Waals surface area contributed by atoms with Crippen LogP contribution >= 0.6 is 0 Å². The maximum atomic E-state index is 11.5. The van der Waals surface area contributed by atoms with Gasteiger partial charge in [0.1, 0.15) is 0 Å². The number of carbonyl (C=O) groups is 1. The number of aliphatic hydroxyl groups is 1. The van der Waals surface area contributed by atoms with E-state index < -0.39 is 5.60 Å². The van der Waals surface area contributed by atoms with Gasteiger partial charge in [-0.05, 0) is 19.3 Å². The summed E-state index contributed by atoms with van der Waals surface area (Å²) < 4.78 is 0. The summed E-state index contributed by atoms with van der Waals surface area (Å²) in [5.41, 5.74) is -0.556. The average Bonchev–Trinajstić information content (AvgIpc) is 2.81. The molecule has 1 heterocycles. The first-order valence-electron chi connectivity index (χ1n) is 5.16. The Morgan fingerprint density at radius 2 is 2.15 bits per heavy atom. The number of hydrogen-bond donors (Lipinski definition) is 1. The second-order valence-electron chi connectivity index (χ2n) is 4.44. The molecule has 3 heteroatoms. The van der Waals surface area contributed by atoms with Crippen LogP contribution in [0, 0.1) is 5.92 Å². The highest BCUT2D eigenvalue weighted by Crippen LogP contribution is 2.35. The van der Waals surface area contributed by atoms with Gasteiger partial charge in [-0.1, -0.05) is 13.3 Å². The molecule has 1 saturated carbocycles. The summed E-state index contributed by atoms with van der Waals surface area (Å²) in [6.07, 6.45) is 3.92. The van der Waals surface area contributed by atoms with Crippen LogP contribution in [0.25, 0.3) is 0 Å². The number of rotatable bonds is 3. The molecule has 3 nitrogen and oxygen atoms in total. The van der Waals surface area contributed by atoms with Crippen molar-refractivity contribution in [3.63, 3.8) is 0 Å². The number of hydrogen-bond acceptors (Lipinski definition) is 2. The molecule has 0 bridgehead atoms. The third-order valence-electron chi connectivity index (χ3n) is 2.92. The summed E-state index contributed by atoms with van der Waals surface area (Å²) in [4.78, 5) is 13.3. The van der Waals surface area contributed by atoms with Gasteiger partial charge in [-0.2, -0.15) is 0 Å². The molecule has 74 valence electrons. The molecule has 1 aliphatic carbocycles. The summed E-state index contributed by atoms with van der Waals surface area (Å²) in [7, 11) is 0. The molecular formula is C10H17NO2. The fourth-order valence-corrected chi connectivity index (χ4v) is 2.03. The van der Waals surface area contributed by atoms with Crippen LogP contribution in [0.4, 0.5) is 0 Å². The third-order valence-corrected chi connectivity index (χ3v) is 2.92. The van der Waals surface area contributed by atoms with Gasteiger partial charge >= 0.3 is 0 Å². The molecule has 2 aliphatic rings. The van der Waals surface area contributed by atoms with Crippen molar-refractivity contribution in [3.8, 4) is 0 Å². The third kappa shape index (κ3) is 1.70. The van der Waals surface area contributed by atoms with Crippen LogP contribution < -0.4 is 0 Å². The Morgan fingerprint density at radius 3 is 2.62 bits per heavy atom. The van der Waals surface area contributed by atoms with Gasteiger partial charge in [-0.25, -0.2) is 0 Å². The van der Waals surface area contributed by atoms with Crippen LogP contribution in [0.2, 0.25) is 0 Å². The summed E-state index contributed by atoms with van der Waals surface area (Å²) in [5, 5.41) is 9.84. The Labute approximate surface area is 78.7 Å². The Kier molecular flexibility index (Phi) is 2.06. The second kappa shape index (κ2) is 2.98. The van der Waals surface area contributed by atoms with Crippen LogP contribution in [0.15, 0.2) is 0 Å². The van der Waals surface area contributed by atoms with Gasteiger partial charge < -0.3 is 10.0 Å². The summed E-state index contributed by atoms with van der Waals surface area (Å²) in [6.45, 7) is 3.19. The molecule has 2 rings (SSSR count). The molecule has 1 aliphatic heterocycles. The minimum absolute atomic E-state index is 0.265. The van der Waals surface area contributed by atoms with E-state index in [1.54, 1.807) is 4.90 Å². The van der Waals surface area contributed by atoms with E-state index in [-0.39, 0.29) is 5.91 Å². The molecule has 1 N–H and O–H groups in total. The van der Waals surface area contributed by atoms with E-state index in [0.717, 1.165) is 25.7 Å². The Bertz CT molecular complexity index is 217. The zero-order valence-corrected chi connectivity index (χ0v) is 8.12. The standard InChI is InChI=1S/C10H17NO2/c1-2-5-10(13)6-11(7-10)9(12)8-3-4-8/h8,13H,2-7H2,1H3. The predicted octanol–water partition coefficient (Wildman–Crippen LogP) is 0.770. The first-order valence-corrected chi connectivity index (χ1v) is 5.16. The first-order chi connectivity index (χ1) is 6.14. The second-order valence-corrected chi connectivity index (χ2v) is 4.44. The van der Waals surface area contributed by atoms with Crippen LogP contribution in [0.5, 0.6) is 0 Å². The Morgan fingerprint density at radius 1 is 1.54 bits per heavy atom. The smallest absolute Gasteiger partial charge is 0.225 e. The molecule has 2 fully saturated rings. The fourth-order valence-electron chi connectivity index (χ4n) is 2.03. The number of likely N-dealkylation sites (tertiary alicyclic amines) is 1. The molecule has 1 amide bonds. The van der Waals surface area contributed by atoms with Crippen LogP contribution in [0.1, 0.15) is 32.6 Å². The fraction of sp³-hybridized carbons (Fsp3) is 0.900. The minimum atomic E-state index is -0.556. The van der Waals surface area contributed by atoms with Gasteiger partial charge in [-0.15, -0.1) is 0 Å². The van der Waals surface area contributed by atoms with Gasteiger partial charge in [0.05, 0.1) is 18.7 Å². The highest BCUT2D eigenvalue weighted by Gasteiger charge is 2.46. The molecule has 0 spiro atoms. The van der Waals surface area contributed by atoms with E-state index in [1.807, 2.05) is 0 Å². The molecule has 0 aromatic heterocycles. The van der Waals surface area contributed by atoms with Crippen molar-refractivity contribution in [1.82, 2.24) is 4.90 Å². The monoisotopic (exact) mass is 183 g/mol. The molecular weight excluding hydrogens is 166 g/mol. The lowest BCUT2D eigenvalue weighted by Gasteiger charge is -2.46. The highest BCUT2D eigenvalue weighted by molar-refractivity contribution is 5.82. The van der Waals surface area contributed by atoms with Crippen LogP contribution in [-0.2, 0) is 4.79 Å². The van der Waals surface area contributed by atoms with E-state index in [9.17, 15) is 9.90 Å².